The van der Waals surface area contributed by atoms with Crippen molar-refractivity contribution in [3.8, 4) is 5.75 Å². The van der Waals surface area contributed by atoms with Gasteiger partial charge in [-0.3, -0.25) is 4.79 Å². The Labute approximate surface area is 107 Å². The normalized spacial score (nSPS) is 16.4. The second kappa shape index (κ2) is 6.40. The number of hydrogen-bond acceptors (Lipinski definition) is 3. The summed E-state index contributed by atoms with van der Waals surface area (Å²) in [5.74, 6) is 0.644. The summed E-state index contributed by atoms with van der Waals surface area (Å²) in [5, 5.41) is 12.0. The van der Waals surface area contributed by atoms with Crippen molar-refractivity contribution >= 4 is 5.97 Å². The number of benzene rings is 1. The minimum Gasteiger partial charge on any atom is -0.493 e. The monoisotopic (exact) mass is 249 g/mol. The van der Waals surface area contributed by atoms with Crippen molar-refractivity contribution in [3.05, 3.63) is 29.8 Å². The van der Waals surface area contributed by atoms with E-state index in [9.17, 15) is 4.79 Å². The van der Waals surface area contributed by atoms with E-state index < -0.39 is 5.97 Å². The first-order valence-corrected chi connectivity index (χ1v) is 6.38. The molecule has 1 fully saturated rings. The molecule has 0 bridgehead atoms. The molecule has 2 rings (SSSR count). The molecule has 1 aliphatic heterocycles. The first-order chi connectivity index (χ1) is 8.74. The van der Waals surface area contributed by atoms with Crippen molar-refractivity contribution in [3.63, 3.8) is 0 Å². The van der Waals surface area contributed by atoms with Crippen LogP contribution in [0.15, 0.2) is 24.3 Å². The van der Waals surface area contributed by atoms with Crippen LogP contribution in [0.3, 0.4) is 0 Å². The van der Waals surface area contributed by atoms with Gasteiger partial charge in [-0.15, -0.1) is 0 Å². The number of piperidine rings is 1. The van der Waals surface area contributed by atoms with Crippen LogP contribution in [0.1, 0.15) is 18.4 Å². The van der Waals surface area contributed by atoms with Crippen molar-refractivity contribution < 1.29 is 14.6 Å². The molecule has 0 amide bonds. The molecule has 1 aliphatic rings. The Morgan fingerprint density at radius 1 is 1.28 bits per heavy atom. The number of aliphatic carboxylic acids is 1. The average molecular weight is 249 g/mol. The third kappa shape index (κ3) is 4.04. The Balaban J connectivity index is 1.80. The number of carboxylic acid groups (broad SMARTS) is 1. The fourth-order valence-electron chi connectivity index (χ4n) is 2.14. The van der Waals surface area contributed by atoms with Crippen LogP contribution in [-0.4, -0.2) is 30.8 Å². The Morgan fingerprint density at radius 3 is 2.56 bits per heavy atom. The van der Waals surface area contributed by atoms with Crippen LogP contribution in [0.25, 0.3) is 0 Å². The van der Waals surface area contributed by atoms with Crippen LogP contribution in [0, 0.1) is 5.92 Å². The smallest absolute Gasteiger partial charge is 0.307 e. The maximum atomic E-state index is 10.5. The lowest BCUT2D eigenvalue weighted by atomic mass is 9.99. The molecule has 2 N–H and O–H groups in total. The molecule has 0 saturated carbocycles. The van der Waals surface area contributed by atoms with E-state index in [-0.39, 0.29) is 6.42 Å². The lowest BCUT2D eigenvalue weighted by molar-refractivity contribution is -0.136. The van der Waals surface area contributed by atoms with Gasteiger partial charge in [-0.1, -0.05) is 12.1 Å². The first kappa shape index (κ1) is 12.9. The maximum Gasteiger partial charge on any atom is 0.307 e. The SMILES string of the molecule is O=C(O)Cc1ccc(OCC2CCNCC2)cc1. The first-order valence-electron chi connectivity index (χ1n) is 6.38. The summed E-state index contributed by atoms with van der Waals surface area (Å²) in [6.07, 6.45) is 2.39. The summed E-state index contributed by atoms with van der Waals surface area (Å²) in [4.78, 5) is 10.5. The van der Waals surface area contributed by atoms with E-state index in [1.165, 1.54) is 0 Å². The molecule has 0 unspecified atom stereocenters. The van der Waals surface area contributed by atoms with Gasteiger partial charge in [0.1, 0.15) is 5.75 Å². The summed E-state index contributed by atoms with van der Waals surface area (Å²) in [5.41, 5.74) is 0.803. The van der Waals surface area contributed by atoms with Crippen molar-refractivity contribution in [2.24, 2.45) is 5.92 Å². The molecule has 1 aromatic carbocycles. The summed E-state index contributed by atoms with van der Waals surface area (Å²) < 4.78 is 5.73. The van der Waals surface area contributed by atoms with E-state index in [2.05, 4.69) is 5.32 Å². The number of hydrogen-bond donors (Lipinski definition) is 2. The highest BCUT2D eigenvalue weighted by Gasteiger charge is 2.13. The fraction of sp³-hybridized carbons (Fsp3) is 0.500. The molecule has 0 radical (unpaired) electrons. The zero-order chi connectivity index (χ0) is 12.8. The summed E-state index contributed by atoms with van der Waals surface area (Å²) in [6, 6.07) is 7.32. The summed E-state index contributed by atoms with van der Waals surface area (Å²) >= 11 is 0. The molecule has 1 aromatic rings. The molecule has 4 nitrogen and oxygen atoms in total. The van der Waals surface area contributed by atoms with Crippen LogP contribution >= 0.6 is 0 Å². The zero-order valence-electron chi connectivity index (χ0n) is 10.4. The van der Waals surface area contributed by atoms with Gasteiger partial charge in [0.25, 0.3) is 0 Å². The minimum absolute atomic E-state index is 0.0641. The van der Waals surface area contributed by atoms with Crippen molar-refractivity contribution in [1.29, 1.82) is 0 Å². The third-order valence-electron chi connectivity index (χ3n) is 3.22. The molecule has 0 atom stereocenters. The number of carbonyl (C=O) groups is 1. The van der Waals surface area contributed by atoms with E-state index in [4.69, 9.17) is 9.84 Å². The van der Waals surface area contributed by atoms with Crippen LogP contribution < -0.4 is 10.1 Å². The number of nitrogens with one attached hydrogen (secondary N) is 1. The van der Waals surface area contributed by atoms with E-state index in [1.54, 1.807) is 0 Å². The lowest BCUT2D eigenvalue weighted by Gasteiger charge is -2.22. The van der Waals surface area contributed by atoms with Gasteiger partial charge in [-0.2, -0.15) is 0 Å². The zero-order valence-corrected chi connectivity index (χ0v) is 10.4. The van der Waals surface area contributed by atoms with Gasteiger partial charge in [0.15, 0.2) is 0 Å². The van der Waals surface area contributed by atoms with Crippen LogP contribution in [0.4, 0.5) is 0 Å². The highest BCUT2D eigenvalue weighted by atomic mass is 16.5. The molecule has 18 heavy (non-hydrogen) atoms. The summed E-state index contributed by atoms with van der Waals surface area (Å²) in [7, 11) is 0. The van der Waals surface area contributed by atoms with Gasteiger partial charge in [-0.05, 0) is 49.5 Å². The van der Waals surface area contributed by atoms with Crippen LogP contribution in [0.2, 0.25) is 0 Å². The van der Waals surface area contributed by atoms with Crippen LogP contribution in [0.5, 0.6) is 5.75 Å². The number of rotatable bonds is 5. The second-order valence-electron chi connectivity index (χ2n) is 4.72. The molecule has 1 saturated heterocycles. The van der Waals surface area contributed by atoms with Crippen molar-refractivity contribution in [1.82, 2.24) is 5.32 Å². The Bertz CT molecular complexity index is 383. The second-order valence-corrected chi connectivity index (χ2v) is 4.72. The fourth-order valence-corrected chi connectivity index (χ4v) is 2.14. The van der Waals surface area contributed by atoms with Gasteiger partial charge in [0.2, 0.25) is 0 Å². The highest BCUT2D eigenvalue weighted by Crippen LogP contribution is 2.17. The van der Waals surface area contributed by atoms with Gasteiger partial charge >= 0.3 is 5.97 Å². The third-order valence-corrected chi connectivity index (χ3v) is 3.22. The molecule has 0 spiro atoms. The van der Waals surface area contributed by atoms with Crippen molar-refractivity contribution in [2.45, 2.75) is 19.3 Å². The number of ether oxygens (including phenoxy) is 1. The lowest BCUT2D eigenvalue weighted by Crippen LogP contribution is -2.30. The Morgan fingerprint density at radius 2 is 1.94 bits per heavy atom. The average Bonchev–Trinajstić information content (AvgIpc) is 2.38. The molecular weight excluding hydrogens is 230 g/mol. The van der Waals surface area contributed by atoms with E-state index in [0.29, 0.717) is 5.92 Å². The van der Waals surface area contributed by atoms with Gasteiger partial charge in [0, 0.05) is 0 Å². The predicted molar refractivity (Wildman–Crippen MR) is 68.9 cm³/mol. The predicted octanol–water partition coefficient (Wildman–Crippen LogP) is 1.69. The quantitative estimate of drug-likeness (QED) is 0.833. The van der Waals surface area contributed by atoms with Gasteiger partial charge in [-0.25, -0.2) is 0 Å². The van der Waals surface area contributed by atoms with E-state index >= 15 is 0 Å². The maximum absolute atomic E-state index is 10.5. The largest absolute Gasteiger partial charge is 0.493 e. The van der Waals surface area contributed by atoms with Crippen molar-refractivity contribution in [2.75, 3.05) is 19.7 Å². The summed E-state index contributed by atoms with van der Waals surface area (Å²) in [6.45, 7) is 2.90. The minimum atomic E-state index is -0.807. The van der Waals surface area contributed by atoms with Crippen LogP contribution in [-0.2, 0) is 11.2 Å². The molecular formula is C14H19NO3. The van der Waals surface area contributed by atoms with Gasteiger partial charge in [0.05, 0.1) is 13.0 Å². The van der Waals surface area contributed by atoms with Gasteiger partial charge < -0.3 is 15.2 Å². The Kier molecular flexibility index (Phi) is 4.59. The highest BCUT2D eigenvalue weighted by molar-refractivity contribution is 5.70. The molecule has 0 aromatic heterocycles. The Hall–Kier alpha value is -1.55. The number of carboxylic acids is 1. The molecule has 98 valence electrons. The standard InChI is InChI=1S/C14H19NO3/c16-14(17)9-11-1-3-13(4-2-11)18-10-12-5-7-15-8-6-12/h1-4,12,15H,5-10H2,(H,16,17). The molecule has 1 heterocycles. The van der Waals surface area contributed by atoms with E-state index in [0.717, 1.165) is 43.9 Å². The molecule has 4 heteroatoms. The topological polar surface area (TPSA) is 58.6 Å². The molecule has 0 aliphatic carbocycles. The van der Waals surface area contributed by atoms with E-state index in [1.807, 2.05) is 24.3 Å².